The molecule has 1 N–H and O–H groups in total. The van der Waals surface area contributed by atoms with E-state index in [4.69, 9.17) is 9.47 Å². The van der Waals surface area contributed by atoms with Crippen LogP contribution in [-0.2, 0) is 6.42 Å². The predicted molar refractivity (Wildman–Crippen MR) is 87.1 cm³/mol. The van der Waals surface area contributed by atoms with E-state index >= 15 is 0 Å². The van der Waals surface area contributed by atoms with Gasteiger partial charge in [-0.15, -0.1) is 0 Å². The molecule has 0 fully saturated rings. The first-order valence-corrected chi connectivity index (χ1v) is 7.87. The van der Waals surface area contributed by atoms with E-state index in [1.54, 1.807) is 0 Å². The Labute approximate surface area is 133 Å². The normalized spacial score (nSPS) is 14.8. The van der Waals surface area contributed by atoms with Crippen LogP contribution < -0.4 is 14.8 Å². The molecule has 0 saturated heterocycles. The van der Waals surface area contributed by atoms with E-state index in [1.807, 2.05) is 19.2 Å². The number of nitrogens with one attached hydrogen (secondary N) is 1. The van der Waals surface area contributed by atoms with Crippen LogP contribution in [0.4, 0.5) is 0 Å². The van der Waals surface area contributed by atoms with Crippen molar-refractivity contribution in [1.29, 1.82) is 0 Å². The molecule has 3 nitrogen and oxygen atoms in total. The molecule has 0 radical (unpaired) electrons. The zero-order valence-electron chi connectivity index (χ0n) is 11.9. The van der Waals surface area contributed by atoms with Gasteiger partial charge in [-0.1, -0.05) is 34.1 Å². The molecule has 0 amide bonds. The van der Waals surface area contributed by atoms with Crippen LogP contribution in [0.5, 0.6) is 11.5 Å². The Bertz CT molecular complexity index is 630. The molecule has 0 aromatic heterocycles. The molecular formula is C17H18BrNO2. The third kappa shape index (κ3) is 3.39. The molecule has 0 aliphatic carbocycles. The van der Waals surface area contributed by atoms with Crippen LogP contribution in [0.25, 0.3) is 0 Å². The fraction of sp³-hybridized carbons (Fsp3) is 0.294. The molecule has 4 heteroatoms. The van der Waals surface area contributed by atoms with Crippen LogP contribution in [0.15, 0.2) is 46.9 Å². The van der Waals surface area contributed by atoms with Crippen LogP contribution >= 0.6 is 15.9 Å². The van der Waals surface area contributed by atoms with Gasteiger partial charge in [0.05, 0.1) is 0 Å². The lowest BCUT2D eigenvalue weighted by Gasteiger charge is -2.22. The minimum Gasteiger partial charge on any atom is -0.486 e. The summed E-state index contributed by atoms with van der Waals surface area (Å²) in [6, 6.07) is 14.8. The Hall–Kier alpha value is -1.52. The van der Waals surface area contributed by atoms with Gasteiger partial charge in [-0.2, -0.15) is 0 Å². The van der Waals surface area contributed by atoms with Crippen molar-refractivity contribution in [2.24, 2.45) is 0 Å². The molecule has 1 heterocycles. The number of likely N-dealkylation sites (N-methyl/N-ethyl adjacent to an activating group) is 1. The first kappa shape index (κ1) is 14.4. The molecule has 2 aromatic rings. The molecule has 110 valence electrons. The minimum atomic E-state index is 0.245. The summed E-state index contributed by atoms with van der Waals surface area (Å²) in [5.41, 5.74) is 2.50. The average Bonchev–Trinajstić information content (AvgIpc) is 2.52. The van der Waals surface area contributed by atoms with Gasteiger partial charge >= 0.3 is 0 Å². The number of hydrogen-bond acceptors (Lipinski definition) is 3. The van der Waals surface area contributed by atoms with Gasteiger partial charge < -0.3 is 14.8 Å². The van der Waals surface area contributed by atoms with Crippen LogP contribution in [0.1, 0.15) is 17.2 Å². The Morgan fingerprint density at radius 2 is 1.90 bits per heavy atom. The molecule has 0 saturated carbocycles. The van der Waals surface area contributed by atoms with E-state index in [-0.39, 0.29) is 6.04 Å². The second-order valence-corrected chi connectivity index (χ2v) is 5.99. The predicted octanol–water partition coefficient (Wildman–Crippen LogP) is 3.72. The Kier molecular flexibility index (Phi) is 4.46. The van der Waals surface area contributed by atoms with E-state index in [0.717, 1.165) is 22.4 Å². The van der Waals surface area contributed by atoms with Crippen LogP contribution in [0.2, 0.25) is 0 Å². The maximum Gasteiger partial charge on any atom is 0.161 e. The van der Waals surface area contributed by atoms with E-state index in [2.05, 4.69) is 51.6 Å². The van der Waals surface area contributed by atoms with Crippen LogP contribution in [0, 0.1) is 0 Å². The largest absolute Gasteiger partial charge is 0.486 e. The molecule has 1 aliphatic rings. The molecule has 0 bridgehead atoms. The summed E-state index contributed by atoms with van der Waals surface area (Å²) in [5.74, 6) is 1.68. The van der Waals surface area contributed by atoms with Crippen molar-refractivity contribution < 1.29 is 9.47 Å². The first-order chi connectivity index (χ1) is 10.3. The summed E-state index contributed by atoms with van der Waals surface area (Å²) < 4.78 is 12.4. The van der Waals surface area contributed by atoms with Gasteiger partial charge in [0, 0.05) is 10.5 Å². The van der Waals surface area contributed by atoms with Gasteiger partial charge in [0.1, 0.15) is 13.2 Å². The second kappa shape index (κ2) is 6.50. The van der Waals surface area contributed by atoms with Gasteiger partial charge in [-0.3, -0.25) is 0 Å². The van der Waals surface area contributed by atoms with Crippen molar-refractivity contribution in [3.05, 3.63) is 58.1 Å². The minimum absolute atomic E-state index is 0.245. The summed E-state index contributed by atoms with van der Waals surface area (Å²) in [5, 5.41) is 3.38. The number of benzene rings is 2. The highest BCUT2D eigenvalue weighted by atomic mass is 79.9. The quantitative estimate of drug-likeness (QED) is 0.914. The van der Waals surface area contributed by atoms with Gasteiger partial charge in [-0.25, -0.2) is 0 Å². The lowest BCUT2D eigenvalue weighted by atomic mass is 9.98. The molecule has 1 atom stereocenters. The molecular weight excluding hydrogens is 330 g/mol. The Balaban J connectivity index is 1.82. The van der Waals surface area contributed by atoms with Gasteiger partial charge in [-0.05, 0) is 48.9 Å². The van der Waals surface area contributed by atoms with Crippen molar-refractivity contribution in [3.63, 3.8) is 0 Å². The van der Waals surface area contributed by atoms with E-state index in [0.29, 0.717) is 13.2 Å². The zero-order chi connectivity index (χ0) is 14.7. The standard InChI is InChI=1S/C17H18BrNO2/c1-19-15(10-12-3-2-4-14(18)9-12)13-5-6-16-17(11-13)21-8-7-20-16/h2-6,9,11,15,19H,7-8,10H2,1H3. The molecule has 1 aliphatic heterocycles. The molecule has 0 spiro atoms. The van der Waals surface area contributed by atoms with Crippen molar-refractivity contribution in [3.8, 4) is 11.5 Å². The van der Waals surface area contributed by atoms with E-state index < -0.39 is 0 Å². The second-order valence-electron chi connectivity index (χ2n) is 5.08. The number of fused-ring (bicyclic) bond motifs is 1. The van der Waals surface area contributed by atoms with Crippen molar-refractivity contribution >= 4 is 15.9 Å². The van der Waals surface area contributed by atoms with Gasteiger partial charge in [0.2, 0.25) is 0 Å². The van der Waals surface area contributed by atoms with Crippen LogP contribution in [-0.4, -0.2) is 20.3 Å². The molecule has 3 rings (SSSR count). The molecule has 2 aromatic carbocycles. The monoisotopic (exact) mass is 347 g/mol. The van der Waals surface area contributed by atoms with Crippen molar-refractivity contribution in [2.45, 2.75) is 12.5 Å². The smallest absolute Gasteiger partial charge is 0.161 e. The fourth-order valence-corrected chi connectivity index (χ4v) is 3.01. The lowest BCUT2D eigenvalue weighted by molar-refractivity contribution is 0.171. The fourth-order valence-electron chi connectivity index (χ4n) is 2.56. The zero-order valence-corrected chi connectivity index (χ0v) is 13.5. The first-order valence-electron chi connectivity index (χ1n) is 7.07. The number of ether oxygens (including phenoxy) is 2. The average molecular weight is 348 g/mol. The highest BCUT2D eigenvalue weighted by Gasteiger charge is 2.16. The third-order valence-corrected chi connectivity index (χ3v) is 4.14. The number of rotatable bonds is 4. The maximum atomic E-state index is 5.67. The number of hydrogen-bond donors (Lipinski definition) is 1. The summed E-state index contributed by atoms with van der Waals surface area (Å²) >= 11 is 3.52. The van der Waals surface area contributed by atoms with Crippen molar-refractivity contribution in [1.82, 2.24) is 5.32 Å². The van der Waals surface area contributed by atoms with Crippen LogP contribution in [0.3, 0.4) is 0 Å². The van der Waals surface area contributed by atoms with Crippen molar-refractivity contribution in [2.75, 3.05) is 20.3 Å². The molecule has 21 heavy (non-hydrogen) atoms. The topological polar surface area (TPSA) is 30.5 Å². The summed E-state index contributed by atoms with van der Waals surface area (Å²) in [7, 11) is 1.99. The summed E-state index contributed by atoms with van der Waals surface area (Å²) in [4.78, 5) is 0. The SMILES string of the molecule is CNC(Cc1cccc(Br)c1)c1ccc2c(c1)OCCO2. The van der Waals surface area contributed by atoms with E-state index in [9.17, 15) is 0 Å². The lowest BCUT2D eigenvalue weighted by Crippen LogP contribution is -2.20. The number of halogens is 1. The highest BCUT2D eigenvalue weighted by Crippen LogP contribution is 2.33. The Morgan fingerprint density at radius 3 is 2.67 bits per heavy atom. The van der Waals surface area contributed by atoms with Gasteiger partial charge in [0.25, 0.3) is 0 Å². The Morgan fingerprint density at radius 1 is 1.10 bits per heavy atom. The third-order valence-electron chi connectivity index (χ3n) is 3.65. The summed E-state index contributed by atoms with van der Waals surface area (Å²) in [6.07, 6.45) is 0.926. The molecule has 1 unspecified atom stereocenters. The summed E-state index contributed by atoms with van der Waals surface area (Å²) in [6.45, 7) is 1.24. The maximum absolute atomic E-state index is 5.67. The van der Waals surface area contributed by atoms with Gasteiger partial charge in [0.15, 0.2) is 11.5 Å². The highest BCUT2D eigenvalue weighted by molar-refractivity contribution is 9.10. The van der Waals surface area contributed by atoms with E-state index in [1.165, 1.54) is 11.1 Å².